The average Bonchev–Trinajstić information content (AvgIpc) is 2.74. The average molecular weight is 318 g/mol. The topological polar surface area (TPSA) is 38.3 Å². The molecule has 1 aromatic heterocycles. The highest BCUT2D eigenvalue weighted by atomic mass is 79.9. The molecule has 1 aliphatic heterocycles. The van der Waals surface area contributed by atoms with E-state index in [1.807, 2.05) is 11.4 Å². The van der Waals surface area contributed by atoms with Crippen molar-refractivity contribution in [2.24, 2.45) is 0 Å². The standard InChI is InChI=1S/C12H16BrNO2S/c13-10-4-6-17-11(10)8-14-12(15)7-9-3-1-2-5-16-9/h4,6,9H,1-3,5,7-8H2,(H,14,15). The van der Waals surface area contributed by atoms with Gasteiger partial charge in [0.15, 0.2) is 0 Å². The Morgan fingerprint density at radius 3 is 3.12 bits per heavy atom. The van der Waals surface area contributed by atoms with Crippen LogP contribution in [0.25, 0.3) is 0 Å². The van der Waals surface area contributed by atoms with Gasteiger partial charge in [0.2, 0.25) is 5.91 Å². The number of ether oxygens (including phenoxy) is 1. The van der Waals surface area contributed by atoms with Gasteiger partial charge in [0.25, 0.3) is 0 Å². The number of rotatable bonds is 4. The summed E-state index contributed by atoms with van der Waals surface area (Å²) in [7, 11) is 0. The molecule has 1 saturated heterocycles. The molecule has 1 unspecified atom stereocenters. The lowest BCUT2D eigenvalue weighted by Gasteiger charge is -2.21. The molecule has 1 atom stereocenters. The van der Waals surface area contributed by atoms with Gasteiger partial charge in [-0.05, 0) is 46.6 Å². The summed E-state index contributed by atoms with van der Waals surface area (Å²) in [6.07, 6.45) is 3.92. The van der Waals surface area contributed by atoms with Crippen molar-refractivity contribution >= 4 is 33.2 Å². The molecule has 1 aromatic rings. The third kappa shape index (κ3) is 4.08. The van der Waals surface area contributed by atoms with Gasteiger partial charge in [0, 0.05) is 16.0 Å². The van der Waals surface area contributed by atoms with E-state index in [0.29, 0.717) is 13.0 Å². The highest BCUT2D eigenvalue weighted by molar-refractivity contribution is 9.10. The number of halogens is 1. The molecule has 1 amide bonds. The largest absolute Gasteiger partial charge is 0.378 e. The fourth-order valence-electron chi connectivity index (χ4n) is 1.88. The van der Waals surface area contributed by atoms with Crippen LogP contribution in [0.1, 0.15) is 30.6 Å². The monoisotopic (exact) mass is 317 g/mol. The van der Waals surface area contributed by atoms with Gasteiger partial charge in [0.1, 0.15) is 0 Å². The lowest BCUT2D eigenvalue weighted by molar-refractivity contribution is -0.125. The Labute approximate surface area is 114 Å². The first kappa shape index (κ1) is 13.1. The number of hydrogen-bond acceptors (Lipinski definition) is 3. The van der Waals surface area contributed by atoms with Gasteiger partial charge in [-0.25, -0.2) is 0 Å². The van der Waals surface area contributed by atoms with Gasteiger partial charge in [-0.1, -0.05) is 0 Å². The van der Waals surface area contributed by atoms with Crippen molar-refractivity contribution in [1.82, 2.24) is 5.32 Å². The first-order chi connectivity index (χ1) is 8.25. The minimum atomic E-state index is 0.0807. The van der Waals surface area contributed by atoms with Crippen molar-refractivity contribution < 1.29 is 9.53 Å². The van der Waals surface area contributed by atoms with Crippen LogP contribution in [-0.2, 0) is 16.1 Å². The second-order valence-electron chi connectivity index (χ2n) is 4.16. The van der Waals surface area contributed by atoms with Crippen LogP contribution >= 0.6 is 27.3 Å². The van der Waals surface area contributed by atoms with Crippen molar-refractivity contribution in [3.05, 3.63) is 20.8 Å². The molecule has 0 bridgehead atoms. The lowest BCUT2D eigenvalue weighted by atomic mass is 10.1. The summed E-state index contributed by atoms with van der Waals surface area (Å²) in [4.78, 5) is 12.9. The molecule has 0 radical (unpaired) electrons. The number of carbonyl (C=O) groups is 1. The smallest absolute Gasteiger partial charge is 0.222 e. The number of amides is 1. The van der Waals surface area contributed by atoms with Crippen molar-refractivity contribution in [2.45, 2.75) is 38.3 Å². The molecule has 0 aliphatic carbocycles. The zero-order valence-corrected chi connectivity index (χ0v) is 12.0. The van der Waals surface area contributed by atoms with Crippen LogP contribution in [0, 0.1) is 0 Å². The summed E-state index contributed by atoms with van der Waals surface area (Å²) in [5, 5.41) is 4.94. The van der Waals surface area contributed by atoms with Crippen LogP contribution in [0.4, 0.5) is 0 Å². The van der Waals surface area contributed by atoms with Gasteiger partial charge in [-0.3, -0.25) is 4.79 Å². The fourth-order valence-corrected chi connectivity index (χ4v) is 3.31. The maximum atomic E-state index is 11.7. The third-order valence-corrected chi connectivity index (χ3v) is 4.75. The number of thiophene rings is 1. The van der Waals surface area contributed by atoms with Crippen molar-refractivity contribution in [3.8, 4) is 0 Å². The Morgan fingerprint density at radius 2 is 2.47 bits per heavy atom. The quantitative estimate of drug-likeness (QED) is 0.926. The molecule has 3 nitrogen and oxygen atoms in total. The molecule has 1 aliphatic rings. The highest BCUT2D eigenvalue weighted by Gasteiger charge is 2.17. The molecule has 0 aromatic carbocycles. The Hall–Kier alpha value is -0.390. The molecule has 17 heavy (non-hydrogen) atoms. The van der Waals surface area contributed by atoms with Crippen LogP contribution in [0.2, 0.25) is 0 Å². The van der Waals surface area contributed by atoms with E-state index in [1.54, 1.807) is 11.3 Å². The van der Waals surface area contributed by atoms with E-state index < -0.39 is 0 Å². The maximum Gasteiger partial charge on any atom is 0.222 e. The fraction of sp³-hybridized carbons (Fsp3) is 0.583. The molecule has 1 fully saturated rings. The van der Waals surface area contributed by atoms with E-state index in [2.05, 4.69) is 21.2 Å². The van der Waals surface area contributed by atoms with E-state index in [0.717, 1.165) is 28.8 Å². The Bertz CT molecular complexity index is 374. The van der Waals surface area contributed by atoms with E-state index in [-0.39, 0.29) is 12.0 Å². The molecule has 1 N–H and O–H groups in total. The van der Waals surface area contributed by atoms with Crippen molar-refractivity contribution in [2.75, 3.05) is 6.61 Å². The first-order valence-corrected chi connectivity index (χ1v) is 7.53. The van der Waals surface area contributed by atoms with Crippen molar-refractivity contribution in [1.29, 1.82) is 0 Å². The summed E-state index contributed by atoms with van der Waals surface area (Å²) < 4.78 is 6.61. The van der Waals surface area contributed by atoms with Gasteiger partial charge < -0.3 is 10.1 Å². The predicted molar refractivity (Wildman–Crippen MR) is 72.1 cm³/mol. The number of hydrogen-bond donors (Lipinski definition) is 1. The van der Waals surface area contributed by atoms with E-state index in [4.69, 9.17) is 4.74 Å². The van der Waals surface area contributed by atoms with Crippen LogP contribution in [0.15, 0.2) is 15.9 Å². The minimum absolute atomic E-state index is 0.0807. The van der Waals surface area contributed by atoms with Crippen LogP contribution in [0.3, 0.4) is 0 Å². The maximum absolute atomic E-state index is 11.7. The van der Waals surface area contributed by atoms with Gasteiger partial charge in [-0.2, -0.15) is 0 Å². The number of nitrogens with one attached hydrogen (secondary N) is 1. The first-order valence-electron chi connectivity index (χ1n) is 5.86. The second-order valence-corrected chi connectivity index (χ2v) is 6.02. The van der Waals surface area contributed by atoms with Crippen molar-refractivity contribution in [3.63, 3.8) is 0 Å². The summed E-state index contributed by atoms with van der Waals surface area (Å²) in [5.41, 5.74) is 0. The van der Waals surface area contributed by atoms with E-state index >= 15 is 0 Å². The second kappa shape index (κ2) is 6.52. The normalized spacial score (nSPS) is 20.2. The Kier molecular flexibility index (Phi) is 5.00. The van der Waals surface area contributed by atoms with Crippen LogP contribution in [-0.4, -0.2) is 18.6 Å². The molecule has 0 spiro atoms. The summed E-state index contributed by atoms with van der Waals surface area (Å²) in [6.45, 7) is 1.40. The molecule has 2 heterocycles. The molecule has 94 valence electrons. The van der Waals surface area contributed by atoms with Crippen LogP contribution in [0.5, 0.6) is 0 Å². The number of carbonyl (C=O) groups excluding carboxylic acids is 1. The predicted octanol–water partition coefficient (Wildman–Crippen LogP) is 3.09. The summed E-state index contributed by atoms with van der Waals surface area (Å²) in [5.74, 6) is 0.0807. The molecule has 5 heteroatoms. The van der Waals surface area contributed by atoms with E-state index in [9.17, 15) is 4.79 Å². The summed E-state index contributed by atoms with van der Waals surface area (Å²) >= 11 is 5.09. The molecule has 2 rings (SSSR count). The van der Waals surface area contributed by atoms with E-state index in [1.165, 1.54) is 6.42 Å². The van der Waals surface area contributed by atoms with Crippen LogP contribution < -0.4 is 5.32 Å². The zero-order chi connectivity index (χ0) is 12.1. The summed E-state index contributed by atoms with van der Waals surface area (Å²) in [6, 6.07) is 2.00. The van der Waals surface area contributed by atoms with Gasteiger partial charge in [-0.15, -0.1) is 11.3 Å². The minimum Gasteiger partial charge on any atom is -0.378 e. The Balaban J connectivity index is 1.72. The lowest BCUT2D eigenvalue weighted by Crippen LogP contribution is -2.29. The third-order valence-electron chi connectivity index (χ3n) is 2.82. The molecular formula is C12H16BrNO2S. The Morgan fingerprint density at radius 1 is 1.59 bits per heavy atom. The molecular weight excluding hydrogens is 302 g/mol. The molecule has 0 saturated carbocycles. The van der Waals surface area contributed by atoms with Gasteiger partial charge in [0.05, 0.1) is 19.1 Å². The zero-order valence-electron chi connectivity index (χ0n) is 9.58. The van der Waals surface area contributed by atoms with Gasteiger partial charge >= 0.3 is 0 Å². The SMILES string of the molecule is O=C(CC1CCCCO1)NCc1sccc1Br. The highest BCUT2D eigenvalue weighted by Crippen LogP contribution is 2.22.